The zero-order valence-corrected chi connectivity index (χ0v) is 12.6. The molecular weight excluding hydrogens is 294 g/mol. The fourth-order valence-electron chi connectivity index (χ4n) is 2.00. The molecule has 1 heterocycles. The SMILES string of the molecule is C=CCn1c(=NC(=O)CCCC)sc2cc(F)cc(F)c21. The summed E-state index contributed by atoms with van der Waals surface area (Å²) in [4.78, 5) is 16.2. The standard InChI is InChI=1S/C15H16F2N2OS/c1-3-5-6-13(20)18-15-19(7-4-2)14-11(17)8-10(16)9-12(14)21-15/h4,8-9H,2-3,5-7H2,1H3. The molecule has 0 radical (unpaired) electrons. The second-order valence-electron chi connectivity index (χ2n) is 4.63. The van der Waals surface area contributed by atoms with Crippen molar-refractivity contribution >= 4 is 27.5 Å². The van der Waals surface area contributed by atoms with Gasteiger partial charge < -0.3 is 4.57 Å². The number of rotatable bonds is 5. The van der Waals surface area contributed by atoms with Gasteiger partial charge in [-0.3, -0.25) is 4.79 Å². The molecule has 3 nitrogen and oxygen atoms in total. The molecule has 21 heavy (non-hydrogen) atoms. The minimum absolute atomic E-state index is 0.248. The summed E-state index contributed by atoms with van der Waals surface area (Å²) in [6, 6.07) is 2.08. The second-order valence-corrected chi connectivity index (χ2v) is 5.64. The molecule has 0 fully saturated rings. The van der Waals surface area contributed by atoms with Crippen molar-refractivity contribution in [1.82, 2.24) is 4.57 Å². The van der Waals surface area contributed by atoms with Gasteiger partial charge in [0.25, 0.3) is 0 Å². The maximum absolute atomic E-state index is 14.0. The Kier molecular flexibility index (Phi) is 5.01. The first kappa shape index (κ1) is 15.6. The Morgan fingerprint density at radius 1 is 1.48 bits per heavy atom. The Hall–Kier alpha value is -1.82. The van der Waals surface area contributed by atoms with Crippen molar-refractivity contribution in [2.45, 2.75) is 32.7 Å². The fraction of sp³-hybridized carbons (Fsp3) is 0.333. The number of carbonyl (C=O) groups excluding carboxylic acids is 1. The summed E-state index contributed by atoms with van der Waals surface area (Å²) >= 11 is 1.10. The van der Waals surface area contributed by atoms with Crippen molar-refractivity contribution in [3.63, 3.8) is 0 Å². The normalized spacial score (nSPS) is 12.0. The summed E-state index contributed by atoms with van der Waals surface area (Å²) in [6.07, 6.45) is 3.61. The van der Waals surface area contributed by atoms with Crippen molar-refractivity contribution < 1.29 is 13.6 Å². The molecule has 6 heteroatoms. The molecule has 1 amide bonds. The zero-order valence-electron chi connectivity index (χ0n) is 11.7. The van der Waals surface area contributed by atoms with Gasteiger partial charge in [-0.1, -0.05) is 30.8 Å². The predicted octanol–water partition coefficient (Wildman–Crippen LogP) is 3.78. The van der Waals surface area contributed by atoms with Crippen molar-refractivity contribution in [2.24, 2.45) is 4.99 Å². The number of hydrogen-bond donors (Lipinski definition) is 0. The lowest BCUT2D eigenvalue weighted by Crippen LogP contribution is -2.16. The minimum Gasteiger partial charge on any atom is -0.310 e. The van der Waals surface area contributed by atoms with Crippen LogP contribution in [0.1, 0.15) is 26.2 Å². The topological polar surface area (TPSA) is 34.4 Å². The van der Waals surface area contributed by atoms with E-state index < -0.39 is 11.6 Å². The summed E-state index contributed by atoms with van der Waals surface area (Å²) in [5.74, 6) is -1.55. The minimum atomic E-state index is -0.662. The van der Waals surface area contributed by atoms with Gasteiger partial charge in [-0.05, 0) is 12.5 Å². The molecule has 0 unspecified atom stereocenters. The number of hydrogen-bond acceptors (Lipinski definition) is 2. The highest BCUT2D eigenvalue weighted by Gasteiger charge is 2.13. The van der Waals surface area contributed by atoms with Gasteiger partial charge in [0.15, 0.2) is 10.6 Å². The van der Waals surface area contributed by atoms with E-state index in [1.807, 2.05) is 6.92 Å². The van der Waals surface area contributed by atoms with Crippen LogP contribution in [0.15, 0.2) is 29.8 Å². The van der Waals surface area contributed by atoms with Crippen LogP contribution in [0, 0.1) is 11.6 Å². The van der Waals surface area contributed by atoms with Crippen molar-refractivity contribution in [3.05, 3.63) is 41.2 Å². The van der Waals surface area contributed by atoms with Crippen LogP contribution < -0.4 is 4.80 Å². The third kappa shape index (κ3) is 3.44. The molecule has 0 aliphatic rings. The van der Waals surface area contributed by atoms with E-state index in [1.165, 1.54) is 6.07 Å². The Morgan fingerprint density at radius 2 is 2.24 bits per heavy atom. The largest absolute Gasteiger partial charge is 0.310 e. The number of nitrogens with zero attached hydrogens (tertiary/aromatic N) is 2. The van der Waals surface area contributed by atoms with Gasteiger partial charge in [0.1, 0.15) is 5.82 Å². The fourth-order valence-corrected chi connectivity index (χ4v) is 3.10. The first-order valence-corrected chi connectivity index (χ1v) is 7.55. The summed E-state index contributed by atoms with van der Waals surface area (Å²) in [7, 11) is 0. The molecular formula is C15H16F2N2OS. The maximum atomic E-state index is 14.0. The number of halogens is 2. The van der Waals surface area contributed by atoms with E-state index in [9.17, 15) is 13.6 Å². The van der Waals surface area contributed by atoms with Crippen LogP contribution in [-0.4, -0.2) is 10.5 Å². The molecule has 0 aliphatic heterocycles. The molecule has 1 aromatic heterocycles. The van der Waals surface area contributed by atoms with Gasteiger partial charge in [0, 0.05) is 19.0 Å². The van der Waals surface area contributed by atoms with Crippen LogP contribution >= 0.6 is 11.3 Å². The first-order valence-electron chi connectivity index (χ1n) is 6.73. The van der Waals surface area contributed by atoms with Crippen LogP contribution in [-0.2, 0) is 11.3 Å². The molecule has 0 aliphatic carbocycles. The van der Waals surface area contributed by atoms with Gasteiger partial charge in [0.2, 0.25) is 5.91 Å². The van der Waals surface area contributed by atoms with E-state index in [0.29, 0.717) is 22.5 Å². The summed E-state index contributed by atoms with van der Waals surface area (Å²) in [5, 5.41) is 0. The van der Waals surface area contributed by atoms with Gasteiger partial charge in [-0.25, -0.2) is 8.78 Å². The third-order valence-corrected chi connectivity index (χ3v) is 4.00. The lowest BCUT2D eigenvalue weighted by molar-refractivity contribution is -0.118. The monoisotopic (exact) mass is 310 g/mol. The number of unbranched alkanes of at least 4 members (excludes halogenated alkanes) is 1. The number of carbonyl (C=O) groups is 1. The van der Waals surface area contributed by atoms with Crippen molar-refractivity contribution in [1.29, 1.82) is 0 Å². The highest BCUT2D eigenvalue weighted by molar-refractivity contribution is 7.16. The van der Waals surface area contributed by atoms with Crippen LogP contribution in [0.3, 0.4) is 0 Å². The molecule has 2 rings (SSSR count). The van der Waals surface area contributed by atoms with Gasteiger partial charge >= 0.3 is 0 Å². The number of allylic oxidation sites excluding steroid dienone is 1. The van der Waals surface area contributed by atoms with E-state index in [2.05, 4.69) is 11.6 Å². The number of fused-ring (bicyclic) bond motifs is 1. The van der Waals surface area contributed by atoms with E-state index >= 15 is 0 Å². The van der Waals surface area contributed by atoms with Crippen LogP contribution in [0.25, 0.3) is 10.2 Å². The van der Waals surface area contributed by atoms with Gasteiger partial charge in [0.05, 0.1) is 10.2 Å². The quantitative estimate of drug-likeness (QED) is 0.774. The lowest BCUT2D eigenvalue weighted by Gasteiger charge is -2.02. The first-order chi connectivity index (χ1) is 10.1. The molecule has 0 spiro atoms. The molecule has 0 atom stereocenters. The smallest absolute Gasteiger partial charge is 0.248 e. The van der Waals surface area contributed by atoms with Crippen molar-refractivity contribution in [2.75, 3.05) is 0 Å². The average Bonchev–Trinajstić information content (AvgIpc) is 2.74. The zero-order chi connectivity index (χ0) is 15.4. The van der Waals surface area contributed by atoms with Crippen molar-refractivity contribution in [3.8, 4) is 0 Å². The summed E-state index contributed by atoms with van der Waals surface area (Å²) < 4.78 is 29.2. The molecule has 0 saturated heterocycles. The molecule has 0 saturated carbocycles. The highest BCUT2D eigenvalue weighted by atomic mass is 32.1. The Morgan fingerprint density at radius 3 is 2.90 bits per heavy atom. The number of aromatic nitrogens is 1. The van der Waals surface area contributed by atoms with E-state index in [4.69, 9.17) is 0 Å². The summed E-state index contributed by atoms with van der Waals surface area (Å²) in [6.45, 7) is 5.92. The predicted molar refractivity (Wildman–Crippen MR) is 80.0 cm³/mol. The summed E-state index contributed by atoms with van der Waals surface area (Å²) in [5.41, 5.74) is 0.253. The second kappa shape index (κ2) is 6.76. The highest BCUT2D eigenvalue weighted by Crippen LogP contribution is 2.22. The number of benzene rings is 1. The maximum Gasteiger partial charge on any atom is 0.248 e. The molecule has 0 bridgehead atoms. The molecule has 2 aromatic rings. The number of thiazole rings is 1. The lowest BCUT2D eigenvalue weighted by atomic mass is 10.2. The molecule has 0 N–H and O–H groups in total. The number of amides is 1. The van der Waals surface area contributed by atoms with Crippen LogP contribution in [0.4, 0.5) is 8.78 Å². The van der Waals surface area contributed by atoms with E-state index in [1.54, 1.807) is 10.6 Å². The average molecular weight is 310 g/mol. The Bertz CT molecular complexity index is 746. The molecule has 1 aromatic carbocycles. The van der Waals surface area contributed by atoms with Crippen LogP contribution in [0.5, 0.6) is 0 Å². The Labute approximate surface area is 125 Å². The van der Waals surface area contributed by atoms with Crippen LogP contribution in [0.2, 0.25) is 0 Å². The third-order valence-electron chi connectivity index (χ3n) is 2.97. The van der Waals surface area contributed by atoms with E-state index in [-0.39, 0.29) is 11.4 Å². The van der Waals surface area contributed by atoms with E-state index in [0.717, 1.165) is 30.2 Å². The molecule has 112 valence electrons. The Balaban J connectivity index is 2.60. The van der Waals surface area contributed by atoms with Gasteiger partial charge in [-0.2, -0.15) is 4.99 Å². The van der Waals surface area contributed by atoms with Gasteiger partial charge in [-0.15, -0.1) is 6.58 Å².